The summed E-state index contributed by atoms with van der Waals surface area (Å²) in [6, 6.07) is 9.93. The van der Waals surface area contributed by atoms with Crippen LogP contribution in [0.2, 0.25) is 0 Å². The Hall–Kier alpha value is -1.20. The van der Waals surface area contributed by atoms with E-state index in [9.17, 15) is 0 Å². The van der Waals surface area contributed by atoms with Crippen LogP contribution in [0.5, 0.6) is 0 Å². The van der Waals surface area contributed by atoms with E-state index in [4.69, 9.17) is 5.73 Å². The molecule has 0 aliphatic carbocycles. The molecule has 0 aliphatic heterocycles. The van der Waals surface area contributed by atoms with Crippen molar-refractivity contribution < 1.29 is 0 Å². The van der Waals surface area contributed by atoms with Crippen LogP contribution in [-0.2, 0) is 6.42 Å². The molecule has 5 heteroatoms. The first-order valence-corrected chi connectivity index (χ1v) is 5.42. The van der Waals surface area contributed by atoms with Gasteiger partial charge < -0.3 is 5.73 Å². The van der Waals surface area contributed by atoms with E-state index in [2.05, 4.69) is 31.1 Å². The smallest absolute Gasteiger partial charge is 0.217 e. The molecule has 1 aromatic carbocycles. The Morgan fingerprint density at radius 3 is 2.67 bits per heavy atom. The SMILES string of the molecule is NC(Cc1ccccc1)c1nc(Br)n[nH]1. The Bertz CT molecular complexity index is 426. The van der Waals surface area contributed by atoms with Crippen molar-refractivity contribution in [3.05, 3.63) is 46.5 Å². The zero-order valence-corrected chi connectivity index (χ0v) is 9.61. The van der Waals surface area contributed by atoms with E-state index >= 15 is 0 Å². The fourth-order valence-electron chi connectivity index (χ4n) is 1.38. The molecule has 0 radical (unpaired) electrons. The van der Waals surface area contributed by atoms with Crippen molar-refractivity contribution in [1.29, 1.82) is 0 Å². The highest BCUT2D eigenvalue weighted by Gasteiger charge is 2.10. The first-order chi connectivity index (χ1) is 7.25. The summed E-state index contributed by atoms with van der Waals surface area (Å²) in [4.78, 5) is 4.13. The molecule has 4 nitrogen and oxygen atoms in total. The normalized spacial score (nSPS) is 12.7. The molecule has 1 atom stereocenters. The highest BCUT2D eigenvalue weighted by Crippen LogP contribution is 2.13. The Morgan fingerprint density at radius 1 is 1.33 bits per heavy atom. The molecule has 2 rings (SSSR count). The molecule has 1 unspecified atom stereocenters. The number of halogens is 1. The molecule has 0 bridgehead atoms. The summed E-state index contributed by atoms with van der Waals surface area (Å²) < 4.78 is 0.543. The van der Waals surface area contributed by atoms with Gasteiger partial charge in [-0.25, -0.2) is 4.98 Å². The lowest BCUT2D eigenvalue weighted by Gasteiger charge is -2.07. The van der Waals surface area contributed by atoms with Crippen LogP contribution in [0.3, 0.4) is 0 Å². The van der Waals surface area contributed by atoms with E-state index < -0.39 is 0 Å². The Kier molecular flexibility index (Phi) is 3.13. The van der Waals surface area contributed by atoms with Gasteiger partial charge in [0.15, 0.2) is 0 Å². The van der Waals surface area contributed by atoms with E-state index in [-0.39, 0.29) is 6.04 Å². The predicted molar refractivity (Wildman–Crippen MR) is 61.2 cm³/mol. The average molecular weight is 267 g/mol. The van der Waals surface area contributed by atoms with Gasteiger partial charge in [0.25, 0.3) is 0 Å². The molecule has 0 saturated carbocycles. The van der Waals surface area contributed by atoms with E-state index in [1.165, 1.54) is 5.56 Å². The van der Waals surface area contributed by atoms with Crippen LogP contribution in [0.1, 0.15) is 17.4 Å². The number of H-pyrrole nitrogens is 1. The average Bonchev–Trinajstić information content (AvgIpc) is 2.66. The van der Waals surface area contributed by atoms with Gasteiger partial charge >= 0.3 is 0 Å². The molecule has 1 aromatic heterocycles. The van der Waals surface area contributed by atoms with Gasteiger partial charge in [-0.05, 0) is 27.9 Å². The lowest BCUT2D eigenvalue weighted by atomic mass is 10.1. The molecule has 0 spiro atoms. The van der Waals surface area contributed by atoms with Gasteiger partial charge in [0.05, 0.1) is 6.04 Å². The number of aromatic nitrogens is 3. The number of nitrogens with zero attached hydrogens (tertiary/aromatic N) is 2. The summed E-state index contributed by atoms with van der Waals surface area (Å²) in [6.45, 7) is 0. The Morgan fingerprint density at radius 2 is 2.07 bits per heavy atom. The summed E-state index contributed by atoms with van der Waals surface area (Å²) in [6.07, 6.45) is 0.752. The number of rotatable bonds is 3. The number of aromatic amines is 1. The quantitative estimate of drug-likeness (QED) is 0.891. The molecular formula is C10H11BrN4. The maximum Gasteiger partial charge on any atom is 0.217 e. The topological polar surface area (TPSA) is 67.6 Å². The molecule has 1 heterocycles. The second-order valence-electron chi connectivity index (χ2n) is 3.29. The van der Waals surface area contributed by atoms with Gasteiger partial charge in [0.2, 0.25) is 4.73 Å². The van der Waals surface area contributed by atoms with Crippen LogP contribution in [0.25, 0.3) is 0 Å². The number of hydrogen-bond donors (Lipinski definition) is 2. The molecule has 0 fully saturated rings. The third kappa shape index (κ3) is 2.64. The maximum absolute atomic E-state index is 5.99. The number of benzene rings is 1. The minimum Gasteiger partial charge on any atom is -0.321 e. The van der Waals surface area contributed by atoms with Crippen molar-refractivity contribution >= 4 is 15.9 Å². The van der Waals surface area contributed by atoms with Crippen molar-refractivity contribution in [3.63, 3.8) is 0 Å². The van der Waals surface area contributed by atoms with Crippen LogP contribution < -0.4 is 5.73 Å². The van der Waals surface area contributed by atoms with Crippen LogP contribution in [0.15, 0.2) is 35.1 Å². The van der Waals surface area contributed by atoms with Gasteiger partial charge in [-0.2, -0.15) is 0 Å². The van der Waals surface area contributed by atoms with Gasteiger partial charge in [-0.3, -0.25) is 5.10 Å². The Balaban J connectivity index is 2.07. The van der Waals surface area contributed by atoms with E-state index in [1.807, 2.05) is 30.3 Å². The lowest BCUT2D eigenvalue weighted by molar-refractivity contribution is 0.671. The minimum absolute atomic E-state index is 0.147. The first kappa shape index (κ1) is 10.3. The summed E-state index contributed by atoms with van der Waals surface area (Å²) in [5.41, 5.74) is 7.18. The van der Waals surface area contributed by atoms with Crippen molar-refractivity contribution in [2.45, 2.75) is 12.5 Å². The van der Waals surface area contributed by atoms with Crippen molar-refractivity contribution in [3.8, 4) is 0 Å². The molecule has 15 heavy (non-hydrogen) atoms. The largest absolute Gasteiger partial charge is 0.321 e. The van der Waals surface area contributed by atoms with Crippen LogP contribution in [0, 0.1) is 0 Å². The third-order valence-electron chi connectivity index (χ3n) is 2.13. The monoisotopic (exact) mass is 266 g/mol. The van der Waals surface area contributed by atoms with Crippen LogP contribution in [-0.4, -0.2) is 15.2 Å². The summed E-state index contributed by atoms with van der Waals surface area (Å²) in [5, 5.41) is 6.67. The predicted octanol–water partition coefficient (Wildman–Crippen LogP) is 1.81. The van der Waals surface area contributed by atoms with Gasteiger partial charge in [-0.1, -0.05) is 30.3 Å². The lowest BCUT2D eigenvalue weighted by Crippen LogP contribution is -2.15. The molecule has 78 valence electrons. The summed E-state index contributed by atoms with van der Waals surface area (Å²) >= 11 is 3.18. The first-order valence-electron chi connectivity index (χ1n) is 4.63. The van der Waals surface area contributed by atoms with Gasteiger partial charge in [-0.15, -0.1) is 5.10 Å². The number of nitrogens with one attached hydrogen (secondary N) is 1. The summed E-state index contributed by atoms with van der Waals surface area (Å²) in [5.74, 6) is 0.700. The Labute approximate surface area is 96.0 Å². The highest BCUT2D eigenvalue weighted by atomic mass is 79.9. The second-order valence-corrected chi connectivity index (χ2v) is 4.00. The van der Waals surface area contributed by atoms with Crippen LogP contribution in [0.4, 0.5) is 0 Å². The molecule has 0 aliphatic rings. The van der Waals surface area contributed by atoms with Gasteiger partial charge in [0, 0.05) is 0 Å². The maximum atomic E-state index is 5.99. The fourth-order valence-corrected chi connectivity index (χ4v) is 1.66. The van der Waals surface area contributed by atoms with Crippen molar-refractivity contribution in [1.82, 2.24) is 15.2 Å². The third-order valence-corrected chi connectivity index (χ3v) is 2.48. The van der Waals surface area contributed by atoms with E-state index in [1.54, 1.807) is 0 Å². The molecule has 0 amide bonds. The minimum atomic E-state index is -0.147. The zero-order chi connectivity index (χ0) is 10.7. The van der Waals surface area contributed by atoms with E-state index in [0.717, 1.165) is 6.42 Å². The van der Waals surface area contributed by atoms with Gasteiger partial charge in [0.1, 0.15) is 5.82 Å². The van der Waals surface area contributed by atoms with Crippen molar-refractivity contribution in [2.75, 3.05) is 0 Å². The molecule has 0 saturated heterocycles. The molecule has 3 N–H and O–H groups in total. The zero-order valence-electron chi connectivity index (χ0n) is 8.02. The summed E-state index contributed by atoms with van der Waals surface area (Å²) in [7, 11) is 0. The highest BCUT2D eigenvalue weighted by molar-refractivity contribution is 9.10. The number of nitrogens with two attached hydrogens (primary N) is 1. The molecule has 2 aromatic rings. The number of hydrogen-bond acceptors (Lipinski definition) is 3. The van der Waals surface area contributed by atoms with E-state index in [0.29, 0.717) is 10.6 Å². The fraction of sp³-hybridized carbons (Fsp3) is 0.200. The van der Waals surface area contributed by atoms with Crippen molar-refractivity contribution in [2.24, 2.45) is 5.73 Å². The standard InChI is InChI=1S/C10H11BrN4/c11-10-13-9(14-15-10)8(12)6-7-4-2-1-3-5-7/h1-5,8H,6,12H2,(H,13,14,15). The second kappa shape index (κ2) is 4.55. The molecular weight excluding hydrogens is 256 g/mol. The van der Waals surface area contributed by atoms with Crippen LogP contribution >= 0.6 is 15.9 Å².